The lowest BCUT2D eigenvalue weighted by atomic mass is 9.85. The molecule has 0 aliphatic carbocycles. The lowest BCUT2D eigenvalue weighted by Crippen LogP contribution is -2.57. The number of halogens is 3. The predicted molar refractivity (Wildman–Crippen MR) is 69.1 cm³/mol. The average molecular weight is 321 g/mol. The van der Waals surface area contributed by atoms with Crippen molar-refractivity contribution in [3.63, 3.8) is 0 Å². The van der Waals surface area contributed by atoms with Gasteiger partial charge in [-0.25, -0.2) is 4.79 Å². The Bertz CT molecular complexity index is 509. The van der Waals surface area contributed by atoms with Crippen LogP contribution in [0.5, 0.6) is 0 Å². The quantitative estimate of drug-likeness (QED) is 0.696. The maximum absolute atomic E-state index is 12.7. The van der Waals surface area contributed by atoms with Crippen LogP contribution < -0.4 is 0 Å². The van der Waals surface area contributed by atoms with Crippen LogP contribution in [0.25, 0.3) is 0 Å². The average Bonchev–Trinajstić information content (AvgIpc) is 2.62. The fourth-order valence-corrected chi connectivity index (χ4v) is 3.11. The summed E-state index contributed by atoms with van der Waals surface area (Å²) in [6.45, 7) is 4.92. The van der Waals surface area contributed by atoms with E-state index < -0.39 is 47.4 Å². The van der Waals surface area contributed by atoms with Crippen LogP contribution in [-0.4, -0.2) is 46.4 Å². The number of carbonyl (C=O) groups is 3. The standard InChI is InChI=1S/C14H18F3NO4/c1-13(2,3)22-12(21)18-7-4-5-8(18)10(9(19)6-7)11(20)14(15,16)17/h7-8,10H,4-6H2,1-3H3. The lowest BCUT2D eigenvalue weighted by Gasteiger charge is -2.39. The highest BCUT2D eigenvalue weighted by Gasteiger charge is 2.57. The van der Waals surface area contributed by atoms with E-state index in [1.54, 1.807) is 20.8 Å². The number of nitrogens with zero attached hydrogens (tertiary/aromatic N) is 1. The van der Waals surface area contributed by atoms with Crippen molar-refractivity contribution in [3.05, 3.63) is 0 Å². The molecule has 0 spiro atoms. The van der Waals surface area contributed by atoms with E-state index in [4.69, 9.17) is 4.74 Å². The molecule has 0 saturated carbocycles. The lowest BCUT2D eigenvalue weighted by molar-refractivity contribution is -0.179. The zero-order valence-corrected chi connectivity index (χ0v) is 12.6. The maximum Gasteiger partial charge on any atom is 0.450 e. The predicted octanol–water partition coefficient (Wildman–Crippen LogP) is 2.47. The van der Waals surface area contributed by atoms with Crippen LogP contribution in [0.3, 0.4) is 0 Å². The Morgan fingerprint density at radius 2 is 1.77 bits per heavy atom. The number of amides is 1. The number of ether oxygens (including phenoxy) is 1. The minimum Gasteiger partial charge on any atom is -0.444 e. The summed E-state index contributed by atoms with van der Waals surface area (Å²) in [5.41, 5.74) is -0.804. The van der Waals surface area contributed by atoms with Gasteiger partial charge in [-0.15, -0.1) is 0 Å². The first-order chi connectivity index (χ1) is 9.92. The molecule has 8 heteroatoms. The van der Waals surface area contributed by atoms with E-state index in [0.717, 1.165) is 4.90 Å². The minimum atomic E-state index is -5.09. The van der Waals surface area contributed by atoms with Gasteiger partial charge < -0.3 is 9.64 Å². The Morgan fingerprint density at radius 1 is 1.18 bits per heavy atom. The van der Waals surface area contributed by atoms with Crippen LogP contribution in [0.15, 0.2) is 0 Å². The van der Waals surface area contributed by atoms with Crippen LogP contribution in [0.4, 0.5) is 18.0 Å². The fourth-order valence-electron chi connectivity index (χ4n) is 3.11. The summed E-state index contributed by atoms with van der Waals surface area (Å²) >= 11 is 0. The van der Waals surface area contributed by atoms with E-state index in [9.17, 15) is 27.6 Å². The van der Waals surface area contributed by atoms with Gasteiger partial charge in [0, 0.05) is 12.5 Å². The van der Waals surface area contributed by atoms with Crippen molar-refractivity contribution in [2.75, 3.05) is 0 Å². The van der Waals surface area contributed by atoms with E-state index in [-0.39, 0.29) is 12.8 Å². The topological polar surface area (TPSA) is 63.7 Å². The molecule has 2 aliphatic rings. The van der Waals surface area contributed by atoms with E-state index >= 15 is 0 Å². The van der Waals surface area contributed by atoms with E-state index in [0.29, 0.717) is 6.42 Å². The molecule has 5 nitrogen and oxygen atoms in total. The van der Waals surface area contributed by atoms with Crippen molar-refractivity contribution < 1.29 is 32.3 Å². The van der Waals surface area contributed by atoms with Gasteiger partial charge in [-0.2, -0.15) is 13.2 Å². The summed E-state index contributed by atoms with van der Waals surface area (Å²) in [5.74, 6) is -4.64. The SMILES string of the molecule is CC(C)(C)OC(=O)N1C2CCC1C(C(=O)C(F)(F)F)C(=O)C2. The third-order valence-corrected chi connectivity index (χ3v) is 3.88. The van der Waals surface area contributed by atoms with Crippen molar-refractivity contribution >= 4 is 17.7 Å². The summed E-state index contributed by atoms with van der Waals surface area (Å²) in [6.07, 6.45) is -5.50. The molecule has 2 saturated heterocycles. The first-order valence-corrected chi connectivity index (χ1v) is 7.07. The molecule has 0 aromatic heterocycles. The molecule has 0 aromatic rings. The zero-order valence-electron chi connectivity index (χ0n) is 12.6. The largest absolute Gasteiger partial charge is 0.450 e. The fraction of sp³-hybridized carbons (Fsp3) is 0.786. The van der Waals surface area contributed by atoms with Crippen LogP contribution in [0.1, 0.15) is 40.0 Å². The molecular formula is C14H18F3NO4. The Morgan fingerprint density at radius 3 is 2.27 bits per heavy atom. The number of rotatable bonds is 1. The van der Waals surface area contributed by atoms with E-state index in [1.807, 2.05) is 0 Å². The number of fused-ring (bicyclic) bond motifs is 2. The van der Waals surface area contributed by atoms with Gasteiger partial charge in [0.1, 0.15) is 17.3 Å². The summed E-state index contributed by atoms with van der Waals surface area (Å²) in [7, 11) is 0. The molecule has 3 atom stereocenters. The highest BCUT2D eigenvalue weighted by molar-refractivity contribution is 6.07. The number of carbonyl (C=O) groups excluding carboxylic acids is 3. The number of hydrogen-bond acceptors (Lipinski definition) is 4. The molecule has 0 N–H and O–H groups in total. The number of hydrogen-bond donors (Lipinski definition) is 0. The molecule has 0 aromatic carbocycles. The molecule has 2 rings (SSSR count). The normalized spacial score (nSPS) is 28.7. The molecule has 2 fully saturated rings. The van der Waals surface area contributed by atoms with Crippen molar-refractivity contribution in [3.8, 4) is 0 Å². The summed E-state index contributed by atoms with van der Waals surface area (Å²) in [6, 6.07) is -1.54. The molecule has 1 amide bonds. The Labute approximate surface area is 125 Å². The first kappa shape index (κ1) is 16.8. The first-order valence-electron chi connectivity index (χ1n) is 7.07. The van der Waals surface area contributed by atoms with Gasteiger partial charge in [-0.1, -0.05) is 0 Å². The third-order valence-electron chi connectivity index (χ3n) is 3.88. The third kappa shape index (κ3) is 3.10. The van der Waals surface area contributed by atoms with Gasteiger partial charge in [0.2, 0.25) is 5.78 Å². The highest BCUT2D eigenvalue weighted by atomic mass is 19.4. The second kappa shape index (κ2) is 5.24. The molecule has 2 aliphatic heterocycles. The van der Waals surface area contributed by atoms with Gasteiger partial charge in [-0.3, -0.25) is 9.59 Å². The van der Waals surface area contributed by atoms with Crippen LogP contribution in [0.2, 0.25) is 0 Å². The highest BCUT2D eigenvalue weighted by Crippen LogP contribution is 2.41. The number of alkyl halides is 3. The van der Waals surface area contributed by atoms with Gasteiger partial charge in [0.15, 0.2) is 0 Å². The number of ketones is 2. The second-order valence-electron chi connectivity index (χ2n) is 6.70. The summed E-state index contributed by atoms with van der Waals surface area (Å²) in [5, 5.41) is 0. The Hall–Kier alpha value is -1.60. The molecule has 3 unspecified atom stereocenters. The van der Waals surface area contributed by atoms with Crippen molar-refractivity contribution in [2.24, 2.45) is 5.92 Å². The smallest absolute Gasteiger partial charge is 0.444 e. The van der Waals surface area contributed by atoms with Crippen molar-refractivity contribution in [1.29, 1.82) is 0 Å². The monoisotopic (exact) mass is 321 g/mol. The molecular weight excluding hydrogens is 303 g/mol. The van der Waals surface area contributed by atoms with Crippen LogP contribution in [0, 0.1) is 5.92 Å². The summed E-state index contributed by atoms with van der Waals surface area (Å²) < 4.78 is 43.3. The van der Waals surface area contributed by atoms with Gasteiger partial charge in [0.25, 0.3) is 0 Å². The molecule has 0 radical (unpaired) electrons. The molecule has 2 bridgehead atoms. The maximum atomic E-state index is 12.7. The van der Waals surface area contributed by atoms with E-state index in [1.165, 1.54) is 0 Å². The van der Waals surface area contributed by atoms with Gasteiger partial charge in [0.05, 0.1) is 6.04 Å². The van der Waals surface area contributed by atoms with Gasteiger partial charge in [-0.05, 0) is 33.6 Å². The Balaban J connectivity index is 2.26. The summed E-state index contributed by atoms with van der Waals surface area (Å²) in [4.78, 5) is 36.8. The second-order valence-corrected chi connectivity index (χ2v) is 6.70. The van der Waals surface area contributed by atoms with Crippen molar-refractivity contribution in [2.45, 2.75) is 63.9 Å². The molecule has 124 valence electrons. The van der Waals surface area contributed by atoms with Gasteiger partial charge >= 0.3 is 12.3 Å². The molecule has 2 heterocycles. The number of piperidine rings is 1. The van der Waals surface area contributed by atoms with Crippen LogP contribution in [-0.2, 0) is 14.3 Å². The number of Topliss-reactive ketones (excluding diaryl/α,β-unsaturated/α-hetero) is 2. The van der Waals surface area contributed by atoms with Crippen LogP contribution >= 0.6 is 0 Å². The van der Waals surface area contributed by atoms with E-state index in [2.05, 4.69) is 0 Å². The molecule has 22 heavy (non-hydrogen) atoms. The Kier molecular flexibility index (Phi) is 3.99. The minimum absolute atomic E-state index is 0.197. The van der Waals surface area contributed by atoms with Crippen molar-refractivity contribution in [1.82, 2.24) is 4.90 Å². The zero-order chi connectivity index (χ0) is 16.9.